The van der Waals surface area contributed by atoms with Gasteiger partial charge in [-0.05, 0) is 52.7 Å². The van der Waals surface area contributed by atoms with E-state index in [1.807, 2.05) is 6.92 Å². The Morgan fingerprint density at radius 3 is 2.75 bits per heavy atom. The molecule has 0 fully saturated rings. The van der Waals surface area contributed by atoms with Gasteiger partial charge in [-0.3, -0.25) is 14.9 Å². The van der Waals surface area contributed by atoms with Crippen molar-refractivity contribution in [3.8, 4) is 0 Å². The van der Waals surface area contributed by atoms with Crippen molar-refractivity contribution < 1.29 is 9.72 Å². The van der Waals surface area contributed by atoms with Gasteiger partial charge in [0, 0.05) is 17.8 Å². The summed E-state index contributed by atoms with van der Waals surface area (Å²) in [7, 11) is 0. The Labute approximate surface area is 123 Å². The van der Waals surface area contributed by atoms with Gasteiger partial charge in [0.05, 0.1) is 9.40 Å². The fourth-order valence-electron chi connectivity index (χ4n) is 1.59. The predicted molar refractivity (Wildman–Crippen MR) is 77.7 cm³/mol. The van der Waals surface area contributed by atoms with Crippen LogP contribution in [0.1, 0.15) is 15.9 Å². The number of hydrogen-bond donors (Lipinski definition) is 1. The first-order valence-corrected chi connectivity index (χ1v) is 6.44. The molecule has 0 saturated carbocycles. The molecule has 102 valence electrons. The molecule has 7 heteroatoms. The Bertz CT molecular complexity index is 688. The maximum absolute atomic E-state index is 12.0. The lowest BCUT2D eigenvalue weighted by molar-refractivity contribution is -0.385. The third kappa shape index (κ3) is 3.18. The minimum Gasteiger partial charge on any atom is -0.307 e. The summed E-state index contributed by atoms with van der Waals surface area (Å²) in [5, 5.41) is 13.4. The number of nitro groups is 1. The smallest absolute Gasteiger partial charge is 0.284 e. The van der Waals surface area contributed by atoms with Gasteiger partial charge in [-0.25, -0.2) is 4.98 Å². The molecule has 0 spiro atoms. The maximum atomic E-state index is 12.0. The van der Waals surface area contributed by atoms with Crippen LogP contribution in [-0.2, 0) is 0 Å². The number of nitrogens with one attached hydrogen (secondary N) is 1. The van der Waals surface area contributed by atoms with Crippen LogP contribution in [0, 0.1) is 17.0 Å². The Balaban J connectivity index is 2.26. The Morgan fingerprint density at radius 2 is 2.10 bits per heavy atom. The van der Waals surface area contributed by atoms with Crippen LogP contribution in [0.25, 0.3) is 0 Å². The lowest BCUT2D eigenvalue weighted by Gasteiger charge is -2.05. The zero-order chi connectivity index (χ0) is 14.7. The fraction of sp³-hybridized carbons (Fsp3) is 0.0769. The molecule has 0 radical (unpaired) electrons. The Morgan fingerprint density at radius 1 is 1.35 bits per heavy atom. The SMILES string of the molecule is Cc1ccnc(NC(=O)c2ccc(Br)c([N+](=O)[O-])c2)c1. The van der Waals surface area contributed by atoms with Gasteiger partial charge in [0.25, 0.3) is 11.6 Å². The number of halogens is 1. The number of rotatable bonds is 3. The molecule has 6 nitrogen and oxygen atoms in total. The summed E-state index contributed by atoms with van der Waals surface area (Å²) in [5.41, 5.74) is 0.996. The van der Waals surface area contributed by atoms with E-state index in [9.17, 15) is 14.9 Å². The van der Waals surface area contributed by atoms with Crippen molar-refractivity contribution in [3.63, 3.8) is 0 Å². The first-order chi connectivity index (χ1) is 9.47. The van der Waals surface area contributed by atoms with Crippen LogP contribution < -0.4 is 5.32 Å². The first kappa shape index (κ1) is 14.1. The van der Waals surface area contributed by atoms with E-state index in [1.54, 1.807) is 18.3 Å². The number of carbonyl (C=O) groups is 1. The highest BCUT2D eigenvalue weighted by Crippen LogP contribution is 2.25. The summed E-state index contributed by atoms with van der Waals surface area (Å²) in [5.74, 6) is -0.0423. The molecule has 0 unspecified atom stereocenters. The second-order valence-corrected chi connectivity index (χ2v) is 4.95. The average molecular weight is 336 g/mol. The average Bonchev–Trinajstić information content (AvgIpc) is 2.38. The molecule has 1 aromatic heterocycles. The van der Waals surface area contributed by atoms with Gasteiger partial charge in [-0.1, -0.05) is 0 Å². The third-order valence-electron chi connectivity index (χ3n) is 2.56. The van der Waals surface area contributed by atoms with Crippen molar-refractivity contribution in [1.82, 2.24) is 4.98 Å². The van der Waals surface area contributed by atoms with E-state index in [-0.39, 0.29) is 11.3 Å². The number of carbonyl (C=O) groups excluding carboxylic acids is 1. The lowest BCUT2D eigenvalue weighted by atomic mass is 10.2. The highest BCUT2D eigenvalue weighted by molar-refractivity contribution is 9.10. The van der Waals surface area contributed by atoms with Gasteiger partial charge in [-0.15, -0.1) is 0 Å². The van der Waals surface area contributed by atoms with E-state index in [1.165, 1.54) is 18.2 Å². The molecule has 0 aliphatic carbocycles. The number of nitrogens with zero attached hydrogens (tertiary/aromatic N) is 2. The fourth-order valence-corrected chi connectivity index (χ4v) is 1.98. The van der Waals surface area contributed by atoms with Gasteiger partial charge < -0.3 is 5.32 Å². The van der Waals surface area contributed by atoms with E-state index in [2.05, 4.69) is 26.2 Å². The molecule has 0 aliphatic rings. The largest absolute Gasteiger partial charge is 0.307 e. The molecule has 1 aromatic carbocycles. The van der Waals surface area contributed by atoms with Crippen molar-refractivity contribution in [2.24, 2.45) is 0 Å². The van der Waals surface area contributed by atoms with Crippen LogP contribution in [0.15, 0.2) is 41.0 Å². The lowest BCUT2D eigenvalue weighted by Crippen LogP contribution is -2.13. The van der Waals surface area contributed by atoms with Gasteiger partial charge in [-0.2, -0.15) is 0 Å². The number of aromatic nitrogens is 1. The summed E-state index contributed by atoms with van der Waals surface area (Å²) in [6.07, 6.45) is 1.58. The zero-order valence-electron chi connectivity index (χ0n) is 10.5. The van der Waals surface area contributed by atoms with Crippen molar-refractivity contribution in [1.29, 1.82) is 0 Å². The molecular weight excluding hydrogens is 326 g/mol. The number of nitro benzene ring substituents is 1. The van der Waals surface area contributed by atoms with Gasteiger partial charge in [0.1, 0.15) is 5.82 Å². The Kier molecular flexibility index (Phi) is 4.09. The molecule has 0 atom stereocenters. The predicted octanol–water partition coefficient (Wildman–Crippen LogP) is 3.31. The molecule has 0 saturated heterocycles. The molecule has 1 heterocycles. The highest BCUT2D eigenvalue weighted by Gasteiger charge is 2.16. The number of benzene rings is 1. The second kappa shape index (κ2) is 5.79. The first-order valence-electron chi connectivity index (χ1n) is 5.65. The maximum Gasteiger partial charge on any atom is 0.284 e. The molecule has 0 aliphatic heterocycles. The van der Waals surface area contributed by atoms with Gasteiger partial charge >= 0.3 is 0 Å². The monoisotopic (exact) mass is 335 g/mol. The molecule has 1 amide bonds. The second-order valence-electron chi connectivity index (χ2n) is 4.10. The topological polar surface area (TPSA) is 85.1 Å². The third-order valence-corrected chi connectivity index (χ3v) is 3.23. The summed E-state index contributed by atoms with van der Waals surface area (Å²) in [6, 6.07) is 7.71. The van der Waals surface area contributed by atoms with Crippen molar-refractivity contribution in [3.05, 3.63) is 62.2 Å². The number of anilines is 1. The highest BCUT2D eigenvalue weighted by atomic mass is 79.9. The van der Waals surface area contributed by atoms with E-state index < -0.39 is 10.8 Å². The standard InChI is InChI=1S/C13H10BrN3O3/c1-8-4-5-15-12(6-8)16-13(18)9-2-3-10(14)11(7-9)17(19)20/h2-7H,1H3,(H,15,16,18). The molecule has 2 aromatic rings. The molecule has 0 bridgehead atoms. The summed E-state index contributed by atoms with van der Waals surface area (Å²) < 4.78 is 0.327. The zero-order valence-corrected chi connectivity index (χ0v) is 12.0. The van der Waals surface area contributed by atoms with Crippen molar-refractivity contribution in [2.75, 3.05) is 5.32 Å². The number of pyridine rings is 1. The van der Waals surface area contributed by atoms with Crippen LogP contribution in [0.4, 0.5) is 11.5 Å². The van der Waals surface area contributed by atoms with E-state index in [4.69, 9.17) is 0 Å². The van der Waals surface area contributed by atoms with Gasteiger partial charge in [0.2, 0.25) is 0 Å². The number of amides is 1. The Hall–Kier alpha value is -2.28. The van der Waals surface area contributed by atoms with Crippen molar-refractivity contribution >= 4 is 33.3 Å². The summed E-state index contributed by atoms with van der Waals surface area (Å²) >= 11 is 3.07. The van der Waals surface area contributed by atoms with Crippen LogP contribution in [0.5, 0.6) is 0 Å². The van der Waals surface area contributed by atoms with Crippen LogP contribution >= 0.6 is 15.9 Å². The molecule has 20 heavy (non-hydrogen) atoms. The van der Waals surface area contributed by atoms with Crippen LogP contribution in [0.3, 0.4) is 0 Å². The molecular formula is C13H10BrN3O3. The normalized spacial score (nSPS) is 10.1. The number of aryl methyl sites for hydroxylation is 1. The van der Waals surface area contributed by atoms with Crippen molar-refractivity contribution in [2.45, 2.75) is 6.92 Å². The van der Waals surface area contributed by atoms with E-state index >= 15 is 0 Å². The van der Waals surface area contributed by atoms with E-state index in [0.717, 1.165) is 5.56 Å². The molecule has 1 N–H and O–H groups in total. The number of hydrogen-bond acceptors (Lipinski definition) is 4. The summed E-state index contributed by atoms with van der Waals surface area (Å²) in [6.45, 7) is 1.88. The van der Waals surface area contributed by atoms with Gasteiger partial charge in [0.15, 0.2) is 0 Å². The molecule has 2 rings (SSSR count). The summed E-state index contributed by atoms with van der Waals surface area (Å²) in [4.78, 5) is 26.3. The quantitative estimate of drug-likeness (QED) is 0.688. The minimum atomic E-state index is -0.550. The van der Waals surface area contributed by atoms with Crippen LogP contribution in [-0.4, -0.2) is 15.8 Å². The van der Waals surface area contributed by atoms with Crippen LogP contribution in [0.2, 0.25) is 0 Å². The minimum absolute atomic E-state index is 0.158. The van der Waals surface area contributed by atoms with E-state index in [0.29, 0.717) is 10.3 Å².